The lowest BCUT2D eigenvalue weighted by Gasteiger charge is -2.26. The molecular formula is C16H18N2O5. The second kappa shape index (κ2) is 6.00. The third kappa shape index (κ3) is 3.05. The van der Waals surface area contributed by atoms with E-state index in [1.54, 1.807) is 29.2 Å². The highest BCUT2D eigenvalue weighted by Gasteiger charge is 2.57. The maximum atomic E-state index is 12.3. The number of hydrogen-bond acceptors (Lipinski definition) is 4. The molecular weight excluding hydrogens is 300 g/mol. The number of nitrogens with zero attached hydrogens (tertiary/aromatic N) is 1. The summed E-state index contributed by atoms with van der Waals surface area (Å²) in [6.45, 7) is 2.21. The number of carbonyl (C=O) groups excluding carboxylic acids is 2. The van der Waals surface area contributed by atoms with Crippen molar-refractivity contribution in [2.24, 2.45) is 5.41 Å². The number of morpholine rings is 1. The number of benzene rings is 1. The number of amides is 2. The number of ether oxygens (including phenoxy) is 1. The van der Waals surface area contributed by atoms with Crippen LogP contribution in [0.25, 0.3) is 0 Å². The summed E-state index contributed by atoms with van der Waals surface area (Å²) in [5, 5.41) is 11.7. The predicted molar refractivity (Wildman–Crippen MR) is 81.1 cm³/mol. The quantitative estimate of drug-likeness (QED) is 0.806. The molecule has 2 aliphatic rings. The Labute approximate surface area is 133 Å². The molecule has 7 nitrogen and oxygen atoms in total. The topological polar surface area (TPSA) is 95.9 Å². The highest BCUT2D eigenvalue weighted by Crippen LogP contribution is 2.46. The third-order valence-electron chi connectivity index (χ3n) is 4.28. The Morgan fingerprint density at radius 2 is 1.70 bits per heavy atom. The van der Waals surface area contributed by atoms with Crippen molar-refractivity contribution in [2.75, 3.05) is 31.6 Å². The van der Waals surface area contributed by atoms with E-state index in [0.29, 0.717) is 50.4 Å². The molecule has 1 aromatic rings. The van der Waals surface area contributed by atoms with Crippen LogP contribution in [0.1, 0.15) is 23.2 Å². The van der Waals surface area contributed by atoms with Gasteiger partial charge < -0.3 is 20.1 Å². The smallest absolute Gasteiger partial charge is 0.319 e. The molecule has 0 unspecified atom stereocenters. The van der Waals surface area contributed by atoms with E-state index in [4.69, 9.17) is 9.84 Å². The molecule has 1 saturated carbocycles. The SMILES string of the molecule is O=C(c1ccc(NC(=O)C2(C(=O)O)CC2)cc1)N1CCOCC1. The van der Waals surface area contributed by atoms with Gasteiger partial charge in [0.05, 0.1) is 13.2 Å². The van der Waals surface area contributed by atoms with Crippen LogP contribution in [0.2, 0.25) is 0 Å². The third-order valence-corrected chi connectivity index (χ3v) is 4.28. The lowest BCUT2D eigenvalue weighted by Crippen LogP contribution is -2.40. The second-order valence-electron chi connectivity index (χ2n) is 5.82. The van der Waals surface area contributed by atoms with Gasteiger partial charge in [0.1, 0.15) is 5.41 Å². The normalized spacial score (nSPS) is 19.0. The van der Waals surface area contributed by atoms with E-state index in [0.717, 1.165) is 0 Å². The highest BCUT2D eigenvalue weighted by molar-refractivity contribution is 6.10. The van der Waals surface area contributed by atoms with E-state index >= 15 is 0 Å². The summed E-state index contributed by atoms with van der Waals surface area (Å²) in [5.41, 5.74) is -0.257. The van der Waals surface area contributed by atoms with Gasteiger partial charge in [0, 0.05) is 24.3 Å². The van der Waals surface area contributed by atoms with Gasteiger partial charge in [0.25, 0.3) is 5.91 Å². The first-order valence-electron chi connectivity index (χ1n) is 7.55. The minimum absolute atomic E-state index is 0.0737. The van der Waals surface area contributed by atoms with Crippen LogP contribution in [0.15, 0.2) is 24.3 Å². The zero-order valence-electron chi connectivity index (χ0n) is 12.6. The first-order chi connectivity index (χ1) is 11.0. The molecule has 0 radical (unpaired) electrons. The molecule has 0 atom stereocenters. The molecule has 2 fully saturated rings. The second-order valence-corrected chi connectivity index (χ2v) is 5.82. The molecule has 0 aromatic heterocycles. The van der Waals surface area contributed by atoms with Gasteiger partial charge >= 0.3 is 5.97 Å². The number of carboxylic acid groups (broad SMARTS) is 1. The molecule has 7 heteroatoms. The van der Waals surface area contributed by atoms with Gasteiger partial charge in [-0.05, 0) is 37.1 Å². The van der Waals surface area contributed by atoms with Crippen LogP contribution in [-0.4, -0.2) is 54.1 Å². The molecule has 23 heavy (non-hydrogen) atoms. The first kappa shape index (κ1) is 15.5. The molecule has 122 valence electrons. The van der Waals surface area contributed by atoms with Crippen LogP contribution in [-0.2, 0) is 14.3 Å². The molecule has 1 aromatic carbocycles. The molecule has 2 N–H and O–H groups in total. The van der Waals surface area contributed by atoms with Gasteiger partial charge in [0.2, 0.25) is 5.91 Å². The molecule has 0 bridgehead atoms. The van der Waals surface area contributed by atoms with Crippen LogP contribution in [0, 0.1) is 5.41 Å². The number of nitrogens with one attached hydrogen (secondary N) is 1. The van der Waals surface area contributed by atoms with Crippen LogP contribution in [0.3, 0.4) is 0 Å². The van der Waals surface area contributed by atoms with Crippen molar-refractivity contribution in [3.8, 4) is 0 Å². The Kier molecular flexibility index (Phi) is 4.04. The van der Waals surface area contributed by atoms with Crippen LogP contribution in [0.4, 0.5) is 5.69 Å². The summed E-state index contributed by atoms with van der Waals surface area (Å²) in [7, 11) is 0. The monoisotopic (exact) mass is 318 g/mol. The molecule has 2 amide bonds. The van der Waals surface area contributed by atoms with Gasteiger partial charge in [-0.25, -0.2) is 0 Å². The van der Waals surface area contributed by atoms with Crippen molar-refractivity contribution in [3.63, 3.8) is 0 Å². The standard InChI is InChI=1S/C16H18N2O5/c19-13(18-7-9-23-10-8-18)11-1-3-12(4-2-11)17-14(20)16(5-6-16)15(21)22/h1-4H,5-10H2,(H,17,20)(H,21,22). The molecule has 1 saturated heterocycles. The molecule has 3 rings (SSSR count). The average molecular weight is 318 g/mol. The minimum atomic E-state index is -1.28. The Morgan fingerprint density at radius 1 is 1.09 bits per heavy atom. The fraction of sp³-hybridized carbons (Fsp3) is 0.438. The molecule has 1 heterocycles. The van der Waals surface area contributed by atoms with Gasteiger partial charge in [-0.1, -0.05) is 0 Å². The summed E-state index contributed by atoms with van der Waals surface area (Å²) >= 11 is 0. The molecule has 1 aliphatic carbocycles. The van der Waals surface area contributed by atoms with Gasteiger partial charge in [-0.15, -0.1) is 0 Å². The van der Waals surface area contributed by atoms with E-state index in [9.17, 15) is 14.4 Å². The van der Waals surface area contributed by atoms with Crippen molar-refractivity contribution >= 4 is 23.5 Å². The van der Waals surface area contributed by atoms with E-state index in [1.807, 2.05) is 0 Å². The largest absolute Gasteiger partial charge is 0.480 e. The van der Waals surface area contributed by atoms with Crippen molar-refractivity contribution in [1.82, 2.24) is 4.90 Å². The summed E-state index contributed by atoms with van der Waals surface area (Å²) in [5.74, 6) is -1.67. The summed E-state index contributed by atoms with van der Waals surface area (Å²) in [6.07, 6.45) is 0.726. The number of rotatable bonds is 4. The Morgan fingerprint density at radius 3 is 2.22 bits per heavy atom. The van der Waals surface area contributed by atoms with Crippen LogP contribution < -0.4 is 5.32 Å². The zero-order valence-corrected chi connectivity index (χ0v) is 12.6. The number of anilines is 1. The Hall–Kier alpha value is -2.41. The molecule has 1 aliphatic heterocycles. The first-order valence-corrected chi connectivity index (χ1v) is 7.55. The Bertz CT molecular complexity index is 630. The number of hydrogen-bond donors (Lipinski definition) is 2. The van der Waals surface area contributed by atoms with E-state index in [2.05, 4.69) is 5.32 Å². The fourth-order valence-electron chi connectivity index (χ4n) is 2.56. The minimum Gasteiger partial charge on any atom is -0.480 e. The van der Waals surface area contributed by atoms with Gasteiger partial charge in [-0.2, -0.15) is 0 Å². The van der Waals surface area contributed by atoms with E-state index < -0.39 is 17.3 Å². The average Bonchev–Trinajstić information content (AvgIpc) is 3.38. The Balaban J connectivity index is 1.64. The highest BCUT2D eigenvalue weighted by atomic mass is 16.5. The molecule has 0 spiro atoms. The number of carbonyl (C=O) groups is 3. The zero-order chi connectivity index (χ0) is 16.4. The number of aliphatic carboxylic acids is 1. The lowest BCUT2D eigenvalue weighted by molar-refractivity contribution is -0.147. The summed E-state index contributed by atoms with van der Waals surface area (Å²) in [4.78, 5) is 37.2. The van der Waals surface area contributed by atoms with Crippen molar-refractivity contribution in [2.45, 2.75) is 12.8 Å². The van der Waals surface area contributed by atoms with E-state index in [1.165, 1.54) is 0 Å². The van der Waals surface area contributed by atoms with Gasteiger partial charge in [0.15, 0.2) is 0 Å². The predicted octanol–water partition coefficient (Wildman–Crippen LogP) is 0.962. The lowest BCUT2D eigenvalue weighted by atomic mass is 10.1. The maximum absolute atomic E-state index is 12.3. The summed E-state index contributed by atoms with van der Waals surface area (Å²) < 4.78 is 5.22. The summed E-state index contributed by atoms with van der Waals surface area (Å²) in [6, 6.07) is 6.49. The maximum Gasteiger partial charge on any atom is 0.319 e. The number of carboxylic acids is 1. The van der Waals surface area contributed by atoms with Crippen molar-refractivity contribution in [1.29, 1.82) is 0 Å². The van der Waals surface area contributed by atoms with Crippen molar-refractivity contribution in [3.05, 3.63) is 29.8 Å². The van der Waals surface area contributed by atoms with Gasteiger partial charge in [-0.3, -0.25) is 14.4 Å². The van der Waals surface area contributed by atoms with Crippen LogP contribution in [0.5, 0.6) is 0 Å². The fourth-order valence-corrected chi connectivity index (χ4v) is 2.56. The van der Waals surface area contributed by atoms with Crippen LogP contribution >= 0.6 is 0 Å². The van der Waals surface area contributed by atoms with Crippen molar-refractivity contribution < 1.29 is 24.2 Å². The van der Waals surface area contributed by atoms with E-state index in [-0.39, 0.29) is 5.91 Å².